The molecule has 5 rings (SSSR count). The van der Waals surface area contributed by atoms with Crippen molar-refractivity contribution in [1.82, 2.24) is 15.0 Å². The number of nitrogens with two attached hydrogens (primary N) is 1. The number of benzene rings is 3. The van der Waals surface area contributed by atoms with Crippen molar-refractivity contribution < 1.29 is 23.9 Å². The van der Waals surface area contributed by atoms with Crippen LogP contribution in [0.15, 0.2) is 71.3 Å². The standard InChI is InChI=1S/C34H38ClN3O5.C4H11N/c1-23(2)20-26-12-13-27(21-28(26)35)32-36-31(37-43-32)25-10-8-24(9-11-25)22-38-17-14-34(15-18-38,33(39)40)16-19-42-30-7-5-4-6-29(30)41-3;1-4(2,3)5/h4-13,21,23H,14-20,22H2,1-3H3,(H,39,40);5H2,1-3H3. The number of ether oxygens (including phenoxy) is 2. The molecule has 9 nitrogen and oxygen atoms in total. The highest BCUT2D eigenvalue weighted by molar-refractivity contribution is 6.31. The van der Waals surface area contributed by atoms with Gasteiger partial charge >= 0.3 is 5.97 Å². The number of rotatable bonds is 12. The summed E-state index contributed by atoms with van der Waals surface area (Å²) in [6.45, 7) is 12.7. The first-order valence-corrected chi connectivity index (χ1v) is 16.9. The molecule has 0 saturated carbocycles. The first-order valence-electron chi connectivity index (χ1n) is 16.5. The van der Waals surface area contributed by atoms with E-state index >= 15 is 0 Å². The lowest BCUT2D eigenvalue weighted by Crippen LogP contribution is -2.44. The van der Waals surface area contributed by atoms with E-state index in [-0.39, 0.29) is 5.54 Å². The lowest BCUT2D eigenvalue weighted by Gasteiger charge is -2.39. The quantitative estimate of drug-likeness (QED) is 0.153. The molecule has 0 atom stereocenters. The third-order valence-corrected chi connectivity index (χ3v) is 8.50. The minimum absolute atomic E-state index is 0. The molecule has 4 aromatic rings. The molecule has 0 bridgehead atoms. The number of halogens is 1. The number of nitrogens with zero attached hydrogens (tertiary/aromatic N) is 3. The second-order valence-electron chi connectivity index (χ2n) is 14.0. The van der Waals surface area contributed by atoms with Crippen LogP contribution in [-0.2, 0) is 17.8 Å². The summed E-state index contributed by atoms with van der Waals surface area (Å²) in [5.41, 5.74) is 8.46. The molecule has 1 fully saturated rings. The van der Waals surface area contributed by atoms with E-state index < -0.39 is 11.4 Å². The third-order valence-electron chi connectivity index (χ3n) is 8.15. The number of piperidine rings is 1. The van der Waals surface area contributed by atoms with Crippen molar-refractivity contribution in [3.05, 3.63) is 82.9 Å². The topological polar surface area (TPSA) is 124 Å². The second kappa shape index (κ2) is 16.5. The highest BCUT2D eigenvalue weighted by Gasteiger charge is 2.41. The molecule has 258 valence electrons. The van der Waals surface area contributed by atoms with E-state index in [0.29, 0.717) is 73.1 Å². The fourth-order valence-corrected chi connectivity index (χ4v) is 5.82. The summed E-state index contributed by atoms with van der Waals surface area (Å²) >= 11 is 6.50. The lowest BCUT2D eigenvalue weighted by molar-refractivity contribution is -0.153. The lowest BCUT2D eigenvalue weighted by atomic mass is 9.76. The average molecular weight is 677 g/mol. The van der Waals surface area contributed by atoms with Gasteiger partial charge in [-0.15, -0.1) is 0 Å². The molecule has 3 N–H and O–H groups in total. The molecule has 0 unspecified atom stereocenters. The number of hydrogen-bond donors (Lipinski definition) is 2. The predicted molar refractivity (Wildman–Crippen MR) is 190 cm³/mol. The molecule has 0 aliphatic carbocycles. The number of aliphatic carboxylic acids is 1. The Balaban J connectivity index is 0.000000968. The SMILES string of the molecule is CC(C)(C)N.COc1ccccc1OCCC1(C(=O)O)CCN(Cc2ccc(-c3noc(-c4ccc(CC(C)C)c(Cl)c4)n3)cc2)CC1. The molecule has 1 aromatic heterocycles. The molecule has 0 radical (unpaired) electrons. The Morgan fingerprint density at radius 3 is 2.25 bits per heavy atom. The van der Waals surface area contributed by atoms with Gasteiger partial charge in [-0.2, -0.15) is 4.98 Å². The summed E-state index contributed by atoms with van der Waals surface area (Å²) < 4.78 is 16.8. The number of methoxy groups -OCH3 is 1. The van der Waals surface area contributed by atoms with Gasteiger partial charge in [0, 0.05) is 28.2 Å². The number of para-hydroxylation sites is 2. The van der Waals surface area contributed by atoms with E-state index in [1.807, 2.05) is 75.4 Å². The van der Waals surface area contributed by atoms with Crippen LogP contribution in [0.2, 0.25) is 5.02 Å². The predicted octanol–water partition coefficient (Wildman–Crippen LogP) is 8.14. The van der Waals surface area contributed by atoms with E-state index in [1.54, 1.807) is 7.11 Å². The summed E-state index contributed by atoms with van der Waals surface area (Å²) in [7, 11) is 1.59. The molecule has 1 aliphatic rings. The molecule has 2 heterocycles. The van der Waals surface area contributed by atoms with Crippen LogP contribution in [0.4, 0.5) is 0 Å². The van der Waals surface area contributed by atoms with E-state index in [0.717, 1.165) is 35.2 Å². The maximum Gasteiger partial charge on any atom is 0.309 e. The molecule has 48 heavy (non-hydrogen) atoms. The van der Waals surface area contributed by atoms with Crippen molar-refractivity contribution in [3.63, 3.8) is 0 Å². The molecule has 3 aromatic carbocycles. The number of hydrogen-bond acceptors (Lipinski definition) is 8. The molecule has 10 heteroatoms. The highest BCUT2D eigenvalue weighted by atomic mass is 35.5. The summed E-state index contributed by atoms with van der Waals surface area (Å²) in [6.07, 6.45) is 2.51. The Morgan fingerprint density at radius 1 is 1.04 bits per heavy atom. The molecule has 1 saturated heterocycles. The fraction of sp³-hybridized carbons (Fsp3) is 0.447. The normalized spacial score (nSPS) is 14.7. The van der Waals surface area contributed by atoms with Crippen molar-refractivity contribution in [2.75, 3.05) is 26.8 Å². The Labute approximate surface area is 289 Å². The Kier molecular flexibility index (Phi) is 12.7. The highest BCUT2D eigenvalue weighted by Crippen LogP contribution is 2.37. The zero-order valence-corrected chi connectivity index (χ0v) is 29.7. The van der Waals surface area contributed by atoms with Crippen LogP contribution in [0.3, 0.4) is 0 Å². The Bertz CT molecular complexity index is 1620. The van der Waals surface area contributed by atoms with E-state index in [4.69, 9.17) is 31.3 Å². The van der Waals surface area contributed by atoms with Crippen LogP contribution >= 0.6 is 11.6 Å². The summed E-state index contributed by atoms with van der Waals surface area (Å²) in [5.74, 6) is 1.98. The number of carboxylic acid groups (broad SMARTS) is 1. The summed E-state index contributed by atoms with van der Waals surface area (Å²) in [6, 6.07) is 21.4. The van der Waals surface area contributed by atoms with Gasteiger partial charge in [0.1, 0.15) is 0 Å². The summed E-state index contributed by atoms with van der Waals surface area (Å²) in [4.78, 5) is 19.2. The maximum absolute atomic E-state index is 12.3. The van der Waals surface area contributed by atoms with E-state index in [1.165, 1.54) is 0 Å². The molecule has 0 spiro atoms. The largest absolute Gasteiger partial charge is 0.493 e. The fourth-order valence-electron chi connectivity index (χ4n) is 5.57. The number of carbonyl (C=O) groups is 1. The van der Waals surface area contributed by atoms with Gasteiger partial charge in [0.15, 0.2) is 11.5 Å². The minimum Gasteiger partial charge on any atom is -0.493 e. The maximum atomic E-state index is 12.3. The zero-order valence-electron chi connectivity index (χ0n) is 29.0. The van der Waals surface area contributed by atoms with Crippen molar-refractivity contribution in [1.29, 1.82) is 0 Å². The zero-order chi connectivity index (χ0) is 34.9. The summed E-state index contributed by atoms with van der Waals surface area (Å²) in [5, 5.41) is 15.0. The molecular weight excluding hydrogens is 628 g/mol. The molecule has 0 amide bonds. The Morgan fingerprint density at radius 2 is 1.67 bits per heavy atom. The van der Waals surface area contributed by atoms with Gasteiger partial charge in [0.05, 0.1) is 19.1 Å². The Hall–Kier alpha value is -3.92. The first-order chi connectivity index (χ1) is 22.8. The molecule has 1 aliphatic heterocycles. The van der Waals surface area contributed by atoms with Crippen LogP contribution < -0.4 is 15.2 Å². The third kappa shape index (κ3) is 10.5. The van der Waals surface area contributed by atoms with Gasteiger partial charge in [0.2, 0.25) is 5.82 Å². The number of aromatic nitrogens is 2. The number of carboxylic acids is 1. The van der Waals surface area contributed by atoms with Gasteiger partial charge in [-0.05, 0) is 101 Å². The van der Waals surface area contributed by atoms with Gasteiger partial charge in [-0.25, -0.2) is 0 Å². The number of likely N-dealkylation sites (tertiary alicyclic amines) is 1. The van der Waals surface area contributed by atoms with Gasteiger partial charge in [0.25, 0.3) is 5.89 Å². The second-order valence-corrected chi connectivity index (χ2v) is 14.4. The van der Waals surface area contributed by atoms with Crippen molar-refractivity contribution in [3.8, 4) is 34.3 Å². The van der Waals surface area contributed by atoms with Crippen molar-refractivity contribution in [2.24, 2.45) is 17.1 Å². The van der Waals surface area contributed by atoms with E-state index in [9.17, 15) is 9.90 Å². The van der Waals surface area contributed by atoms with Gasteiger partial charge < -0.3 is 24.8 Å². The van der Waals surface area contributed by atoms with Crippen molar-refractivity contribution >= 4 is 17.6 Å². The van der Waals surface area contributed by atoms with Gasteiger partial charge in [-0.1, -0.05) is 73.1 Å². The van der Waals surface area contributed by atoms with Crippen molar-refractivity contribution in [2.45, 2.75) is 72.4 Å². The first kappa shape index (κ1) is 36.9. The van der Waals surface area contributed by atoms with Crippen LogP contribution in [0, 0.1) is 11.3 Å². The van der Waals surface area contributed by atoms with Gasteiger partial charge in [-0.3, -0.25) is 9.69 Å². The molecular formula is C38H49ClN4O5. The van der Waals surface area contributed by atoms with Crippen LogP contribution in [0.25, 0.3) is 22.8 Å². The van der Waals surface area contributed by atoms with E-state index in [2.05, 4.69) is 41.0 Å². The average Bonchev–Trinajstić information content (AvgIpc) is 3.53. The van der Waals surface area contributed by atoms with Crippen LogP contribution in [0.1, 0.15) is 65.0 Å². The minimum atomic E-state index is -0.794. The van der Waals surface area contributed by atoms with Crippen LogP contribution in [-0.4, -0.2) is 58.5 Å². The monoisotopic (exact) mass is 676 g/mol. The van der Waals surface area contributed by atoms with Crippen LogP contribution in [0.5, 0.6) is 11.5 Å². The smallest absolute Gasteiger partial charge is 0.309 e.